The highest BCUT2D eigenvalue weighted by molar-refractivity contribution is 5.85. The van der Waals surface area contributed by atoms with Crippen molar-refractivity contribution in [2.45, 2.75) is 45.6 Å². The number of aryl methyl sites for hydroxylation is 1. The SMILES string of the molecule is Cc1noc(CNC(=O)C2(C#N)CCCCC2)n1. The zero-order chi connectivity index (χ0) is 13.0. The van der Waals surface area contributed by atoms with Gasteiger partial charge in [-0.1, -0.05) is 24.4 Å². The van der Waals surface area contributed by atoms with Gasteiger partial charge in [-0.15, -0.1) is 0 Å². The predicted octanol–water partition coefficient (Wildman–Crippen LogP) is 1.47. The lowest BCUT2D eigenvalue weighted by atomic mass is 9.74. The molecule has 1 amide bonds. The van der Waals surface area contributed by atoms with Crippen LogP contribution in [-0.2, 0) is 11.3 Å². The standard InChI is InChI=1S/C12H16N4O2/c1-9-15-10(18-16-9)7-14-11(17)12(8-13)5-3-2-4-6-12/h2-7H2,1H3,(H,14,17). The van der Waals surface area contributed by atoms with Crippen molar-refractivity contribution in [1.82, 2.24) is 15.5 Å². The second-order valence-electron chi connectivity index (χ2n) is 4.67. The Morgan fingerprint density at radius 2 is 2.22 bits per heavy atom. The van der Waals surface area contributed by atoms with Gasteiger partial charge < -0.3 is 9.84 Å². The number of amides is 1. The van der Waals surface area contributed by atoms with E-state index in [1.165, 1.54) is 0 Å². The van der Waals surface area contributed by atoms with Gasteiger partial charge in [0.1, 0.15) is 5.41 Å². The molecule has 0 bridgehead atoms. The third kappa shape index (κ3) is 2.50. The van der Waals surface area contributed by atoms with Crippen molar-refractivity contribution in [1.29, 1.82) is 5.26 Å². The number of hydrogen-bond donors (Lipinski definition) is 1. The summed E-state index contributed by atoms with van der Waals surface area (Å²) >= 11 is 0. The normalized spacial score (nSPS) is 18.0. The average Bonchev–Trinajstić information content (AvgIpc) is 2.82. The Balaban J connectivity index is 1.96. The summed E-state index contributed by atoms with van der Waals surface area (Å²) in [5.41, 5.74) is -0.868. The summed E-state index contributed by atoms with van der Waals surface area (Å²) in [6, 6.07) is 2.18. The fourth-order valence-electron chi connectivity index (χ4n) is 2.28. The third-order valence-electron chi connectivity index (χ3n) is 3.33. The number of nitrogens with zero attached hydrogens (tertiary/aromatic N) is 3. The first-order valence-electron chi connectivity index (χ1n) is 6.15. The van der Waals surface area contributed by atoms with Gasteiger partial charge in [-0.05, 0) is 19.8 Å². The summed E-state index contributed by atoms with van der Waals surface area (Å²) in [6.07, 6.45) is 4.23. The molecule has 1 saturated carbocycles. The maximum Gasteiger partial charge on any atom is 0.246 e. The average molecular weight is 248 g/mol. The largest absolute Gasteiger partial charge is 0.346 e. The molecule has 1 heterocycles. The zero-order valence-electron chi connectivity index (χ0n) is 10.4. The molecule has 6 heteroatoms. The first kappa shape index (κ1) is 12.6. The molecule has 1 aromatic heterocycles. The van der Waals surface area contributed by atoms with Crippen LogP contribution in [0.3, 0.4) is 0 Å². The molecule has 1 aliphatic carbocycles. The molecule has 1 fully saturated rings. The van der Waals surface area contributed by atoms with E-state index in [1.54, 1.807) is 6.92 Å². The fraction of sp³-hybridized carbons (Fsp3) is 0.667. The van der Waals surface area contributed by atoms with Crippen molar-refractivity contribution >= 4 is 5.91 Å². The van der Waals surface area contributed by atoms with Crippen molar-refractivity contribution in [2.75, 3.05) is 0 Å². The van der Waals surface area contributed by atoms with E-state index in [9.17, 15) is 10.1 Å². The highest BCUT2D eigenvalue weighted by Gasteiger charge is 2.39. The van der Waals surface area contributed by atoms with Crippen molar-refractivity contribution < 1.29 is 9.32 Å². The summed E-state index contributed by atoms with van der Waals surface area (Å²) in [5.74, 6) is 0.678. The van der Waals surface area contributed by atoms with E-state index in [0.29, 0.717) is 24.6 Å². The van der Waals surface area contributed by atoms with E-state index in [-0.39, 0.29) is 12.5 Å². The fourth-order valence-corrected chi connectivity index (χ4v) is 2.28. The van der Waals surface area contributed by atoms with Crippen molar-refractivity contribution in [2.24, 2.45) is 5.41 Å². The lowest BCUT2D eigenvalue weighted by Crippen LogP contribution is -2.41. The van der Waals surface area contributed by atoms with E-state index < -0.39 is 5.41 Å². The van der Waals surface area contributed by atoms with E-state index in [1.807, 2.05) is 0 Å². The summed E-state index contributed by atoms with van der Waals surface area (Å²) in [7, 11) is 0. The van der Waals surface area contributed by atoms with Crippen molar-refractivity contribution in [3.63, 3.8) is 0 Å². The van der Waals surface area contributed by atoms with Gasteiger partial charge in [-0.25, -0.2) is 0 Å². The molecular weight excluding hydrogens is 232 g/mol. The Labute approximate surface area is 105 Å². The predicted molar refractivity (Wildman–Crippen MR) is 62.0 cm³/mol. The minimum atomic E-state index is -0.868. The molecule has 0 aliphatic heterocycles. The van der Waals surface area contributed by atoms with Crippen LogP contribution in [0.4, 0.5) is 0 Å². The van der Waals surface area contributed by atoms with Gasteiger partial charge in [0.05, 0.1) is 12.6 Å². The number of hydrogen-bond acceptors (Lipinski definition) is 5. The molecule has 18 heavy (non-hydrogen) atoms. The Morgan fingerprint density at radius 3 is 2.78 bits per heavy atom. The monoisotopic (exact) mass is 248 g/mol. The Hall–Kier alpha value is -1.90. The van der Waals surface area contributed by atoms with Crippen LogP contribution in [0.15, 0.2) is 4.52 Å². The molecule has 0 spiro atoms. The van der Waals surface area contributed by atoms with Crippen LogP contribution in [0, 0.1) is 23.7 Å². The maximum absolute atomic E-state index is 12.1. The van der Waals surface area contributed by atoms with E-state index in [0.717, 1.165) is 19.3 Å². The first-order chi connectivity index (χ1) is 8.66. The number of carbonyl (C=O) groups is 1. The van der Waals surface area contributed by atoms with Gasteiger partial charge in [-0.2, -0.15) is 10.2 Å². The van der Waals surface area contributed by atoms with Gasteiger partial charge in [0, 0.05) is 0 Å². The second-order valence-corrected chi connectivity index (χ2v) is 4.67. The lowest BCUT2D eigenvalue weighted by molar-refractivity contribution is -0.129. The lowest BCUT2D eigenvalue weighted by Gasteiger charge is -2.28. The van der Waals surface area contributed by atoms with Gasteiger partial charge in [-0.3, -0.25) is 4.79 Å². The zero-order valence-corrected chi connectivity index (χ0v) is 10.4. The number of nitrogens with one attached hydrogen (secondary N) is 1. The van der Waals surface area contributed by atoms with Crippen LogP contribution >= 0.6 is 0 Å². The van der Waals surface area contributed by atoms with Gasteiger partial charge in [0.2, 0.25) is 11.8 Å². The molecule has 1 aliphatic rings. The Morgan fingerprint density at radius 1 is 1.50 bits per heavy atom. The molecule has 1 aromatic rings. The van der Waals surface area contributed by atoms with Crippen molar-refractivity contribution in [3.8, 4) is 6.07 Å². The molecule has 0 unspecified atom stereocenters. The van der Waals surface area contributed by atoms with Crippen LogP contribution < -0.4 is 5.32 Å². The Bertz CT molecular complexity index is 469. The highest BCUT2D eigenvalue weighted by Crippen LogP contribution is 2.35. The number of carbonyl (C=O) groups excluding carboxylic acids is 1. The number of aromatic nitrogens is 2. The molecule has 96 valence electrons. The Kier molecular flexibility index (Phi) is 3.60. The van der Waals surface area contributed by atoms with Crippen LogP contribution in [0.25, 0.3) is 0 Å². The summed E-state index contributed by atoms with van der Waals surface area (Å²) in [4.78, 5) is 16.1. The first-order valence-corrected chi connectivity index (χ1v) is 6.15. The molecule has 6 nitrogen and oxygen atoms in total. The maximum atomic E-state index is 12.1. The molecule has 0 saturated heterocycles. The van der Waals surface area contributed by atoms with Crippen LogP contribution in [0.5, 0.6) is 0 Å². The highest BCUT2D eigenvalue weighted by atomic mass is 16.5. The van der Waals surface area contributed by atoms with E-state index >= 15 is 0 Å². The summed E-state index contributed by atoms with van der Waals surface area (Å²) < 4.78 is 4.91. The quantitative estimate of drug-likeness (QED) is 0.874. The van der Waals surface area contributed by atoms with Gasteiger partial charge in [0.15, 0.2) is 5.82 Å². The minimum absolute atomic E-state index is 0.184. The molecule has 0 atom stereocenters. The van der Waals surface area contributed by atoms with Crippen LogP contribution in [0.2, 0.25) is 0 Å². The van der Waals surface area contributed by atoms with Crippen molar-refractivity contribution in [3.05, 3.63) is 11.7 Å². The number of rotatable bonds is 3. The topological polar surface area (TPSA) is 91.8 Å². The third-order valence-corrected chi connectivity index (χ3v) is 3.33. The second kappa shape index (κ2) is 5.17. The summed E-state index contributed by atoms with van der Waals surface area (Å²) in [6.45, 7) is 1.90. The molecule has 1 N–H and O–H groups in total. The van der Waals surface area contributed by atoms with E-state index in [2.05, 4.69) is 21.5 Å². The number of nitriles is 1. The van der Waals surface area contributed by atoms with Crippen LogP contribution in [0.1, 0.15) is 43.8 Å². The minimum Gasteiger partial charge on any atom is -0.346 e. The van der Waals surface area contributed by atoms with Gasteiger partial charge >= 0.3 is 0 Å². The molecular formula is C12H16N4O2. The smallest absolute Gasteiger partial charge is 0.246 e. The van der Waals surface area contributed by atoms with E-state index in [4.69, 9.17) is 4.52 Å². The molecule has 0 aromatic carbocycles. The molecule has 0 radical (unpaired) electrons. The summed E-state index contributed by atoms with van der Waals surface area (Å²) in [5, 5.41) is 15.6. The van der Waals surface area contributed by atoms with Gasteiger partial charge in [0.25, 0.3) is 0 Å². The van der Waals surface area contributed by atoms with Crippen LogP contribution in [-0.4, -0.2) is 16.0 Å². The molecule has 2 rings (SSSR count).